The summed E-state index contributed by atoms with van der Waals surface area (Å²) in [5.41, 5.74) is 13.4. The summed E-state index contributed by atoms with van der Waals surface area (Å²) >= 11 is 0. The monoisotopic (exact) mass is 788 g/mol. The molecule has 0 spiro atoms. The Morgan fingerprint density at radius 2 is 1.59 bits per heavy atom. The van der Waals surface area contributed by atoms with Crippen LogP contribution in [0.5, 0.6) is 11.5 Å². The van der Waals surface area contributed by atoms with E-state index in [0.717, 1.165) is 93.5 Å². The largest absolute Gasteiger partial charge is 0.508 e. The van der Waals surface area contributed by atoms with E-state index in [0.29, 0.717) is 49.7 Å². The van der Waals surface area contributed by atoms with Crippen molar-refractivity contribution in [2.75, 3.05) is 81.1 Å². The summed E-state index contributed by atoms with van der Waals surface area (Å²) in [4.78, 5) is 44.1. The molecule has 4 N–H and O–H groups in total. The van der Waals surface area contributed by atoms with E-state index in [4.69, 9.17) is 20.4 Å². The van der Waals surface area contributed by atoms with Crippen LogP contribution >= 0.6 is 0 Å². The smallest absolute Gasteiger partial charge is 0.258 e. The number of nitrogen functional groups attached to an aromatic ring is 1. The van der Waals surface area contributed by atoms with Gasteiger partial charge in [-0.2, -0.15) is 0 Å². The summed E-state index contributed by atoms with van der Waals surface area (Å²) in [5, 5.41) is 20.8. The maximum absolute atomic E-state index is 13.5. The van der Waals surface area contributed by atoms with Crippen molar-refractivity contribution in [3.8, 4) is 22.9 Å². The lowest BCUT2D eigenvalue weighted by atomic mass is 9.93. The summed E-state index contributed by atoms with van der Waals surface area (Å²) in [6.07, 6.45) is 9.09. The number of phenols is 2. The Hall–Kier alpha value is -5.05. The normalized spacial score (nSPS) is 19.8. The molecule has 9 rings (SSSR count). The number of phenolic OH excluding ortho intramolecular Hbond substituents is 2. The fraction of sp³-hybridized carbons (Fsp3) is 0.523. The van der Waals surface area contributed by atoms with Gasteiger partial charge in [0.05, 0.1) is 30.0 Å². The Bertz CT molecular complexity index is 2130. The van der Waals surface area contributed by atoms with Crippen molar-refractivity contribution in [2.45, 2.75) is 77.5 Å². The number of anilines is 3. The van der Waals surface area contributed by atoms with E-state index in [1.54, 1.807) is 23.4 Å². The predicted molar refractivity (Wildman–Crippen MR) is 223 cm³/mol. The van der Waals surface area contributed by atoms with Gasteiger partial charge in [0.15, 0.2) is 5.82 Å². The lowest BCUT2D eigenvalue weighted by Gasteiger charge is -2.42. The second kappa shape index (κ2) is 16.3. The van der Waals surface area contributed by atoms with Crippen LogP contribution in [0.1, 0.15) is 83.8 Å². The van der Waals surface area contributed by atoms with Crippen molar-refractivity contribution < 1.29 is 19.7 Å². The quantitative estimate of drug-likeness (QED) is 0.224. The highest BCUT2D eigenvalue weighted by Gasteiger charge is 2.33. The Balaban J connectivity index is 0.771. The van der Waals surface area contributed by atoms with Crippen molar-refractivity contribution in [1.82, 2.24) is 34.6 Å². The van der Waals surface area contributed by atoms with E-state index in [-0.39, 0.29) is 34.8 Å². The Morgan fingerprint density at radius 3 is 2.33 bits per heavy atom. The number of benzene rings is 2. The molecule has 4 aromatic rings. The van der Waals surface area contributed by atoms with E-state index in [1.807, 2.05) is 13.8 Å². The topological polar surface area (TPSA) is 161 Å². The van der Waals surface area contributed by atoms with Gasteiger partial charge < -0.3 is 40.3 Å². The highest BCUT2D eigenvalue weighted by molar-refractivity contribution is 5.97. The van der Waals surface area contributed by atoms with Gasteiger partial charge >= 0.3 is 0 Å². The minimum Gasteiger partial charge on any atom is -0.508 e. The number of carbonyl (C=O) groups is 1. The molecule has 306 valence electrons. The molecule has 1 amide bonds. The average molecular weight is 789 g/mol. The number of carbonyl (C=O) groups excluding carboxylic acids is 1. The zero-order valence-corrected chi connectivity index (χ0v) is 33.8. The van der Waals surface area contributed by atoms with Crippen LogP contribution in [0.15, 0.2) is 42.7 Å². The fourth-order valence-electron chi connectivity index (χ4n) is 9.69. The average Bonchev–Trinajstić information content (AvgIpc) is 3.68. The molecule has 0 aliphatic carbocycles. The third-order valence-electron chi connectivity index (χ3n) is 13.1. The first-order valence-corrected chi connectivity index (χ1v) is 21.2. The number of aromatic nitrogens is 4. The van der Waals surface area contributed by atoms with Gasteiger partial charge in [0, 0.05) is 94.7 Å². The number of hydrogen-bond acceptors (Lipinski definition) is 13. The van der Waals surface area contributed by atoms with Gasteiger partial charge in [0.1, 0.15) is 17.3 Å². The van der Waals surface area contributed by atoms with E-state index in [9.17, 15) is 15.0 Å². The molecule has 3 fully saturated rings. The van der Waals surface area contributed by atoms with Crippen LogP contribution in [-0.4, -0.2) is 122 Å². The van der Waals surface area contributed by atoms with Crippen LogP contribution < -0.4 is 15.5 Å². The molecule has 0 atom stereocenters. The van der Waals surface area contributed by atoms with Crippen LogP contribution in [0.2, 0.25) is 0 Å². The lowest BCUT2D eigenvalue weighted by molar-refractivity contribution is 0.0748. The minimum atomic E-state index is -0.212. The van der Waals surface area contributed by atoms with Crippen LogP contribution in [0.3, 0.4) is 0 Å². The van der Waals surface area contributed by atoms with Crippen LogP contribution in [-0.2, 0) is 30.8 Å². The predicted octanol–water partition coefficient (Wildman–Crippen LogP) is 4.78. The zero-order chi connectivity index (χ0) is 39.9. The van der Waals surface area contributed by atoms with E-state index >= 15 is 0 Å². The van der Waals surface area contributed by atoms with Crippen molar-refractivity contribution in [1.29, 1.82) is 0 Å². The number of nitrogens with two attached hydrogens (primary N) is 1. The maximum Gasteiger partial charge on any atom is 0.258 e. The summed E-state index contributed by atoms with van der Waals surface area (Å²) in [6, 6.07) is 10.1. The number of morpholine rings is 1. The molecule has 3 saturated heterocycles. The number of piperidine rings is 2. The second-order valence-corrected chi connectivity index (χ2v) is 17.1. The molecular formula is C44H56N10O4. The Kier molecular flexibility index (Phi) is 10.8. The van der Waals surface area contributed by atoms with Gasteiger partial charge in [-0.3, -0.25) is 9.69 Å². The summed E-state index contributed by atoms with van der Waals surface area (Å²) in [6.45, 7) is 15.4. The number of hydrogen-bond donors (Lipinski definition) is 3. The molecule has 7 heterocycles. The minimum absolute atomic E-state index is 0.0174. The van der Waals surface area contributed by atoms with E-state index in [1.165, 1.54) is 43.0 Å². The number of amides is 1. The molecule has 0 saturated carbocycles. The third kappa shape index (κ3) is 7.89. The molecule has 0 radical (unpaired) electrons. The molecule has 14 heteroatoms. The first kappa shape index (κ1) is 38.5. The SMILES string of the molecule is CC(C)c1cc(C(=O)N2Cc3ccc(N4CCC(CN5CCC(N6CCc7c(nc(-c8cnc(N)nc8)nc7N7CCOCC7)C6)CC5)CC4)cc3C2)c(O)cc1O. The van der Waals surface area contributed by atoms with E-state index < -0.39 is 0 Å². The maximum atomic E-state index is 13.5. The zero-order valence-electron chi connectivity index (χ0n) is 33.8. The van der Waals surface area contributed by atoms with Gasteiger partial charge in [-0.1, -0.05) is 19.9 Å². The van der Waals surface area contributed by atoms with E-state index in [2.05, 4.69) is 47.8 Å². The molecule has 5 aliphatic heterocycles. The highest BCUT2D eigenvalue weighted by atomic mass is 16.5. The van der Waals surface area contributed by atoms with Crippen molar-refractivity contribution in [3.63, 3.8) is 0 Å². The Morgan fingerprint density at radius 1 is 0.845 bits per heavy atom. The standard InChI is InChI=1S/C44H56N10O4/c1-28(2)36-20-37(40(56)21-39(36)55)43(57)54-25-30-3-4-34(19-31(30)26-54)51-12-5-29(6-13-51)24-50-10-7-33(8-11-50)53-14-9-35-38(27-53)48-41(32-22-46-44(45)47-23-32)49-42(35)52-15-17-58-18-16-52/h3-4,19-23,28-29,33,55-56H,5-18,24-27H2,1-2H3,(H2,45,46,47). The number of nitrogens with zero attached hydrogens (tertiary/aromatic N) is 9. The first-order valence-electron chi connectivity index (χ1n) is 21.2. The number of aromatic hydroxyl groups is 2. The second-order valence-electron chi connectivity index (χ2n) is 17.1. The number of ether oxygens (including phenoxy) is 1. The third-order valence-corrected chi connectivity index (χ3v) is 13.1. The summed E-state index contributed by atoms with van der Waals surface area (Å²) in [7, 11) is 0. The molecule has 58 heavy (non-hydrogen) atoms. The number of likely N-dealkylation sites (tertiary alicyclic amines) is 1. The molecule has 0 unspecified atom stereocenters. The van der Waals surface area contributed by atoms with Crippen LogP contribution in [0.4, 0.5) is 17.5 Å². The van der Waals surface area contributed by atoms with Gasteiger partial charge in [0.25, 0.3) is 5.91 Å². The molecular weight excluding hydrogens is 733 g/mol. The summed E-state index contributed by atoms with van der Waals surface area (Å²) in [5.74, 6) is 2.28. The fourth-order valence-corrected chi connectivity index (χ4v) is 9.69. The summed E-state index contributed by atoms with van der Waals surface area (Å²) < 4.78 is 5.66. The van der Waals surface area contributed by atoms with Gasteiger partial charge in [-0.25, -0.2) is 19.9 Å². The van der Waals surface area contributed by atoms with Gasteiger partial charge in [0.2, 0.25) is 5.95 Å². The number of rotatable bonds is 8. The molecule has 2 aromatic carbocycles. The molecule has 2 aromatic heterocycles. The van der Waals surface area contributed by atoms with Crippen LogP contribution in [0, 0.1) is 5.92 Å². The van der Waals surface area contributed by atoms with Gasteiger partial charge in [-0.15, -0.1) is 0 Å². The highest BCUT2D eigenvalue weighted by Crippen LogP contribution is 2.37. The Labute approximate surface area is 340 Å². The lowest BCUT2D eigenvalue weighted by Crippen LogP contribution is -2.48. The molecule has 0 bridgehead atoms. The van der Waals surface area contributed by atoms with Crippen molar-refractivity contribution in [2.24, 2.45) is 5.92 Å². The van der Waals surface area contributed by atoms with Gasteiger partial charge in [-0.05, 0) is 91.9 Å². The molecule has 5 aliphatic rings. The molecule has 14 nitrogen and oxygen atoms in total. The van der Waals surface area contributed by atoms with Crippen molar-refractivity contribution >= 4 is 23.4 Å². The van der Waals surface area contributed by atoms with Crippen LogP contribution in [0.25, 0.3) is 11.4 Å². The number of fused-ring (bicyclic) bond motifs is 2. The first-order chi connectivity index (χ1) is 28.2. The van der Waals surface area contributed by atoms with Crippen molar-refractivity contribution in [3.05, 3.63) is 76.2 Å².